The Morgan fingerprint density at radius 3 is 2.86 bits per heavy atom. The number of fused-ring (bicyclic) bond motifs is 1. The molecule has 0 fully saturated rings. The average molecular weight is 192 g/mol. The first-order chi connectivity index (χ1) is 6.72. The van der Waals surface area contributed by atoms with Gasteiger partial charge >= 0.3 is 0 Å². The fourth-order valence-electron chi connectivity index (χ4n) is 1.42. The average Bonchev–Trinajstić information content (AvgIpc) is 2.60. The number of aliphatic hydroxyl groups excluding tert-OH is 1. The smallest absolute Gasteiger partial charge is 0.176 e. The highest BCUT2D eigenvalue weighted by atomic mass is 16.5. The van der Waals surface area contributed by atoms with Gasteiger partial charge in [-0.2, -0.15) is 0 Å². The molecule has 0 amide bonds. The molecule has 0 spiro atoms. The lowest BCUT2D eigenvalue weighted by Crippen LogP contribution is -1.85. The first-order valence-corrected chi connectivity index (χ1v) is 4.47. The van der Waals surface area contributed by atoms with E-state index < -0.39 is 6.10 Å². The summed E-state index contributed by atoms with van der Waals surface area (Å²) in [7, 11) is 1.60. The Kier molecular flexibility index (Phi) is 2.17. The van der Waals surface area contributed by atoms with Crippen molar-refractivity contribution in [1.29, 1.82) is 0 Å². The number of methoxy groups -OCH3 is 1. The van der Waals surface area contributed by atoms with Crippen LogP contribution in [0.5, 0.6) is 5.75 Å². The Morgan fingerprint density at radius 1 is 1.43 bits per heavy atom. The summed E-state index contributed by atoms with van der Waals surface area (Å²) < 4.78 is 10.6. The van der Waals surface area contributed by atoms with E-state index in [1.165, 1.54) is 0 Å². The van der Waals surface area contributed by atoms with Crippen molar-refractivity contribution in [3.8, 4) is 5.75 Å². The molecule has 0 bridgehead atoms. The molecule has 1 atom stereocenters. The third-order valence-corrected chi connectivity index (χ3v) is 2.16. The molecule has 1 heterocycles. The van der Waals surface area contributed by atoms with Crippen molar-refractivity contribution in [2.24, 2.45) is 0 Å². The molecule has 0 aliphatic heterocycles. The second kappa shape index (κ2) is 3.35. The zero-order valence-electron chi connectivity index (χ0n) is 8.15. The summed E-state index contributed by atoms with van der Waals surface area (Å²) in [6.07, 6.45) is -0.591. The number of aliphatic hydroxyl groups is 1. The van der Waals surface area contributed by atoms with E-state index in [2.05, 4.69) is 0 Å². The maximum absolute atomic E-state index is 9.35. The number of para-hydroxylation sites is 1. The van der Waals surface area contributed by atoms with Crippen LogP contribution in [0.3, 0.4) is 0 Å². The van der Waals surface area contributed by atoms with Crippen molar-refractivity contribution < 1.29 is 14.3 Å². The Balaban J connectivity index is 2.64. The summed E-state index contributed by atoms with van der Waals surface area (Å²) in [6.45, 7) is 1.67. The number of benzene rings is 1. The van der Waals surface area contributed by atoms with Crippen LogP contribution in [0.2, 0.25) is 0 Å². The fourth-order valence-corrected chi connectivity index (χ4v) is 1.42. The first-order valence-electron chi connectivity index (χ1n) is 4.47. The molecule has 2 rings (SSSR count). The zero-order valence-corrected chi connectivity index (χ0v) is 8.15. The van der Waals surface area contributed by atoms with E-state index in [4.69, 9.17) is 9.15 Å². The van der Waals surface area contributed by atoms with Crippen LogP contribution < -0.4 is 4.74 Å². The van der Waals surface area contributed by atoms with Gasteiger partial charge in [-0.3, -0.25) is 0 Å². The summed E-state index contributed by atoms with van der Waals surface area (Å²) in [6, 6.07) is 7.47. The molecular weight excluding hydrogens is 180 g/mol. The number of hydrogen-bond donors (Lipinski definition) is 1. The largest absolute Gasteiger partial charge is 0.493 e. The lowest BCUT2D eigenvalue weighted by molar-refractivity contribution is 0.172. The third-order valence-electron chi connectivity index (χ3n) is 2.16. The number of rotatable bonds is 2. The van der Waals surface area contributed by atoms with E-state index in [1.807, 2.05) is 24.3 Å². The first kappa shape index (κ1) is 9.09. The molecule has 0 saturated carbocycles. The molecule has 0 radical (unpaired) electrons. The molecule has 1 aromatic heterocycles. The summed E-state index contributed by atoms with van der Waals surface area (Å²) >= 11 is 0. The van der Waals surface area contributed by atoms with Gasteiger partial charge in [-0.1, -0.05) is 12.1 Å². The van der Waals surface area contributed by atoms with Crippen LogP contribution in [0.15, 0.2) is 28.7 Å². The van der Waals surface area contributed by atoms with Gasteiger partial charge in [0.1, 0.15) is 11.9 Å². The zero-order chi connectivity index (χ0) is 10.1. The number of hydrogen-bond acceptors (Lipinski definition) is 3. The minimum atomic E-state index is -0.591. The summed E-state index contributed by atoms with van der Waals surface area (Å²) in [5, 5.41) is 10.3. The minimum Gasteiger partial charge on any atom is -0.493 e. The summed E-state index contributed by atoms with van der Waals surface area (Å²) in [4.78, 5) is 0. The van der Waals surface area contributed by atoms with Crippen molar-refractivity contribution in [2.45, 2.75) is 13.0 Å². The quantitative estimate of drug-likeness (QED) is 0.794. The number of ether oxygens (including phenoxy) is 1. The van der Waals surface area contributed by atoms with E-state index in [1.54, 1.807) is 14.0 Å². The second-order valence-corrected chi connectivity index (χ2v) is 3.20. The van der Waals surface area contributed by atoms with Crippen LogP contribution in [-0.2, 0) is 0 Å². The van der Waals surface area contributed by atoms with Crippen LogP contribution in [0.4, 0.5) is 0 Å². The predicted octanol–water partition coefficient (Wildman–Crippen LogP) is 2.49. The van der Waals surface area contributed by atoms with Gasteiger partial charge in [-0.25, -0.2) is 0 Å². The van der Waals surface area contributed by atoms with Gasteiger partial charge in [0.2, 0.25) is 0 Å². The highest BCUT2D eigenvalue weighted by molar-refractivity contribution is 5.83. The van der Waals surface area contributed by atoms with Gasteiger partial charge in [-0.15, -0.1) is 0 Å². The molecule has 74 valence electrons. The normalized spacial score (nSPS) is 13.1. The maximum atomic E-state index is 9.35. The van der Waals surface area contributed by atoms with E-state index in [0.717, 1.165) is 5.39 Å². The predicted molar refractivity (Wildman–Crippen MR) is 53.4 cm³/mol. The van der Waals surface area contributed by atoms with Crippen molar-refractivity contribution >= 4 is 11.0 Å². The molecule has 1 N–H and O–H groups in total. The molecule has 0 aliphatic rings. The van der Waals surface area contributed by atoms with E-state index >= 15 is 0 Å². The van der Waals surface area contributed by atoms with Gasteiger partial charge in [0, 0.05) is 5.39 Å². The van der Waals surface area contributed by atoms with E-state index in [-0.39, 0.29) is 0 Å². The van der Waals surface area contributed by atoms with Crippen LogP contribution in [0.25, 0.3) is 11.0 Å². The highest BCUT2D eigenvalue weighted by Gasteiger charge is 2.11. The monoisotopic (exact) mass is 192 g/mol. The molecule has 1 unspecified atom stereocenters. The summed E-state index contributed by atoms with van der Waals surface area (Å²) in [5.41, 5.74) is 0.686. The lowest BCUT2D eigenvalue weighted by atomic mass is 10.2. The number of furan rings is 1. The Hall–Kier alpha value is -1.48. The van der Waals surface area contributed by atoms with E-state index in [0.29, 0.717) is 17.1 Å². The van der Waals surface area contributed by atoms with Gasteiger partial charge < -0.3 is 14.3 Å². The molecule has 3 heteroatoms. The lowest BCUT2D eigenvalue weighted by Gasteiger charge is -1.99. The molecule has 14 heavy (non-hydrogen) atoms. The Bertz CT molecular complexity index is 443. The summed E-state index contributed by atoms with van der Waals surface area (Å²) in [5.74, 6) is 1.25. The fraction of sp³-hybridized carbons (Fsp3) is 0.273. The van der Waals surface area contributed by atoms with Crippen LogP contribution in [0, 0.1) is 0 Å². The van der Waals surface area contributed by atoms with Crippen LogP contribution in [0.1, 0.15) is 18.8 Å². The van der Waals surface area contributed by atoms with Gasteiger partial charge in [0.05, 0.1) is 7.11 Å². The van der Waals surface area contributed by atoms with Gasteiger partial charge in [-0.05, 0) is 19.1 Å². The Labute approximate surface area is 81.9 Å². The molecule has 2 aromatic rings. The Morgan fingerprint density at radius 2 is 2.21 bits per heavy atom. The van der Waals surface area contributed by atoms with Crippen LogP contribution >= 0.6 is 0 Å². The van der Waals surface area contributed by atoms with Crippen molar-refractivity contribution in [2.75, 3.05) is 7.11 Å². The van der Waals surface area contributed by atoms with E-state index in [9.17, 15) is 5.11 Å². The van der Waals surface area contributed by atoms with Crippen LogP contribution in [-0.4, -0.2) is 12.2 Å². The third kappa shape index (κ3) is 1.36. The second-order valence-electron chi connectivity index (χ2n) is 3.20. The minimum absolute atomic E-state index is 0.560. The standard InChI is InChI=1S/C11H12O3/c1-7(12)10-6-8-4-3-5-9(13-2)11(8)14-10/h3-7,12H,1-2H3. The maximum Gasteiger partial charge on any atom is 0.176 e. The van der Waals surface area contributed by atoms with Gasteiger partial charge in [0.15, 0.2) is 11.3 Å². The van der Waals surface area contributed by atoms with Crippen molar-refractivity contribution in [3.63, 3.8) is 0 Å². The van der Waals surface area contributed by atoms with Gasteiger partial charge in [0.25, 0.3) is 0 Å². The molecule has 3 nitrogen and oxygen atoms in total. The topological polar surface area (TPSA) is 42.6 Å². The molecular formula is C11H12O3. The SMILES string of the molecule is COc1cccc2cc(C(C)O)oc12. The highest BCUT2D eigenvalue weighted by Crippen LogP contribution is 2.30. The molecule has 0 aliphatic carbocycles. The molecule has 0 saturated heterocycles. The van der Waals surface area contributed by atoms with Crippen molar-refractivity contribution in [1.82, 2.24) is 0 Å². The van der Waals surface area contributed by atoms with Crippen molar-refractivity contribution in [3.05, 3.63) is 30.0 Å². The molecule has 1 aromatic carbocycles.